The summed E-state index contributed by atoms with van der Waals surface area (Å²) in [6, 6.07) is 9.57. The van der Waals surface area contributed by atoms with Gasteiger partial charge in [0.05, 0.1) is 6.54 Å². The van der Waals surface area contributed by atoms with Gasteiger partial charge in [-0.3, -0.25) is 9.69 Å². The van der Waals surface area contributed by atoms with Crippen molar-refractivity contribution in [1.29, 1.82) is 0 Å². The zero-order valence-electron chi connectivity index (χ0n) is 10.0. The van der Waals surface area contributed by atoms with Crippen LogP contribution in [0.15, 0.2) is 30.3 Å². The van der Waals surface area contributed by atoms with Gasteiger partial charge in [-0.2, -0.15) is 0 Å². The lowest BCUT2D eigenvalue weighted by molar-refractivity contribution is 0.0942. The van der Waals surface area contributed by atoms with Gasteiger partial charge < -0.3 is 0 Å². The predicted molar refractivity (Wildman–Crippen MR) is 65.5 cm³/mol. The Balaban J connectivity index is 1.94. The van der Waals surface area contributed by atoms with E-state index in [4.69, 9.17) is 0 Å². The van der Waals surface area contributed by atoms with E-state index in [1.165, 1.54) is 0 Å². The van der Waals surface area contributed by atoms with Crippen LogP contribution < -0.4 is 0 Å². The van der Waals surface area contributed by atoms with Gasteiger partial charge in [-0.15, -0.1) is 0 Å². The molecule has 2 atom stereocenters. The van der Waals surface area contributed by atoms with Crippen molar-refractivity contribution >= 4 is 5.78 Å². The molecule has 1 aromatic carbocycles. The molecule has 2 rings (SSSR count). The van der Waals surface area contributed by atoms with Gasteiger partial charge in [-0.25, -0.2) is 0 Å². The second-order valence-electron chi connectivity index (χ2n) is 4.94. The maximum Gasteiger partial charge on any atom is 0.176 e. The van der Waals surface area contributed by atoms with Crippen LogP contribution in [0.3, 0.4) is 0 Å². The Morgan fingerprint density at radius 2 is 1.75 bits per heavy atom. The second kappa shape index (κ2) is 4.79. The summed E-state index contributed by atoms with van der Waals surface area (Å²) in [7, 11) is 0. The first-order valence-corrected chi connectivity index (χ1v) is 5.97. The van der Waals surface area contributed by atoms with Crippen LogP contribution in [-0.4, -0.2) is 30.3 Å². The molecule has 1 heterocycles. The van der Waals surface area contributed by atoms with Crippen LogP contribution in [0.2, 0.25) is 0 Å². The number of hydrogen-bond donors (Lipinski definition) is 0. The molecule has 2 nitrogen and oxygen atoms in total. The van der Waals surface area contributed by atoms with E-state index in [1.54, 1.807) is 0 Å². The molecule has 0 radical (unpaired) electrons. The van der Waals surface area contributed by atoms with Gasteiger partial charge in [0.1, 0.15) is 0 Å². The SMILES string of the molecule is C[C@@H]1CN(CC(=O)c2ccccc2)C[C@H]1C. The number of ketones is 1. The molecule has 16 heavy (non-hydrogen) atoms. The fourth-order valence-electron chi connectivity index (χ4n) is 2.30. The number of rotatable bonds is 3. The number of likely N-dealkylation sites (tertiary alicyclic amines) is 1. The zero-order valence-corrected chi connectivity index (χ0v) is 10.0. The van der Waals surface area contributed by atoms with Crippen LogP contribution in [0.5, 0.6) is 0 Å². The van der Waals surface area contributed by atoms with Crippen molar-refractivity contribution in [3.8, 4) is 0 Å². The number of carbonyl (C=O) groups is 1. The molecule has 0 unspecified atom stereocenters. The van der Waals surface area contributed by atoms with Gasteiger partial charge in [0.15, 0.2) is 5.78 Å². The van der Waals surface area contributed by atoms with E-state index in [-0.39, 0.29) is 5.78 Å². The average Bonchev–Trinajstić information content (AvgIpc) is 2.59. The summed E-state index contributed by atoms with van der Waals surface area (Å²) in [5, 5.41) is 0. The molecule has 2 heteroatoms. The summed E-state index contributed by atoms with van der Waals surface area (Å²) < 4.78 is 0. The van der Waals surface area contributed by atoms with Gasteiger partial charge in [-0.05, 0) is 11.8 Å². The van der Waals surface area contributed by atoms with Gasteiger partial charge in [0.25, 0.3) is 0 Å². The molecule has 0 spiro atoms. The first-order chi connectivity index (χ1) is 7.66. The van der Waals surface area contributed by atoms with Gasteiger partial charge >= 0.3 is 0 Å². The van der Waals surface area contributed by atoms with Crippen LogP contribution in [0, 0.1) is 11.8 Å². The summed E-state index contributed by atoms with van der Waals surface area (Å²) >= 11 is 0. The van der Waals surface area contributed by atoms with Crippen LogP contribution in [-0.2, 0) is 0 Å². The van der Waals surface area contributed by atoms with Crippen molar-refractivity contribution in [2.24, 2.45) is 11.8 Å². The van der Waals surface area contributed by atoms with E-state index in [2.05, 4.69) is 18.7 Å². The monoisotopic (exact) mass is 217 g/mol. The highest BCUT2D eigenvalue weighted by molar-refractivity contribution is 5.97. The summed E-state index contributed by atoms with van der Waals surface area (Å²) in [5.41, 5.74) is 0.828. The van der Waals surface area contributed by atoms with E-state index < -0.39 is 0 Å². The molecule has 0 bridgehead atoms. The van der Waals surface area contributed by atoms with Crippen LogP contribution in [0.1, 0.15) is 24.2 Å². The topological polar surface area (TPSA) is 20.3 Å². The van der Waals surface area contributed by atoms with Crippen molar-refractivity contribution in [3.63, 3.8) is 0 Å². The minimum absolute atomic E-state index is 0.238. The Kier molecular flexibility index (Phi) is 3.39. The lowest BCUT2D eigenvalue weighted by atomic mass is 10.0. The molecule has 1 aromatic rings. The van der Waals surface area contributed by atoms with E-state index in [9.17, 15) is 4.79 Å². The fourth-order valence-corrected chi connectivity index (χ4v) is 2.30. The van der Waals surface area contributed by atoms with Crippen molar-refractivity contribution in [3.05, 3.63) is 35.9 Å². The minimum atomic E-state index is 0.238. The third-order valence-electron chi connectivity index (χ3n) is 3.53. The summed E-state index contributed by atoms with van der Waals surface area (Å²) in [5.74, 6) is 1.66. The summed E-state index contributed by atoms with van der Waals surface area (Å²) in [6.07, 6.45) is 0. The molecule has 1 fully saturated rings. The first kappa shape index (κ1) is 11.3. The quantitative estimate of drug-likeness (QED) is 0.725. The molecule has 86 valence electrons. The highest BCUT2D eigenvalue weighted by Crippen LogP contribution is 2.22. The second-order valence-corrected chi connectivity index (χ2v) is 4.94. The number of carbonyl (C=O) groups excluding carboxylic acids is 1. The van der Waals surface area contributed by atoms with Gasteiger partial charge in [0, 0.05) is 18.7 Å². The Morgan fingerprint density at radius 3 is 2.31 bits per heavy atom. The Labute approximate surface area is 97.3 Å². The third kappa shape index (κ3) is 2.50. The van der Waals surface area contributed by atoms with E-state index in [0.717, 1.165) is 18.7 Å². The largest absolute Gasteiger partial charge is 0.295 e. The Hall–Kier alpha value is -1.15. The molecule has 1 aliphatic heterocycles. The maximum atomic E-state index is 12.0. The number of hydrogen-bond acceptors (Lipinski definition) is 2. The minimum Gasteiger partial charge on any atom is -0.295 e. The highest BCUT2D eigenvalue weighted by atomic mass is 16.1. The van der Waals surface area contributed by atoms with Crippen molar-refractivity contribution in [2.45, 2.75) is 13.8 Å². The third-order valence-corrected chi connectivity index (χ3v) is 3.53. The van der Waals surface area contributed by atoms with Crippen molar-refractivity contribution in [2.75, 3.05) is 19.6 Å². The molecular formula is C14H19NO. The fraction of sp³-hybridized carbons (Fsp3) is 0.500. The first-order valence-electron chi connectivity index (χ1n) is 5.97. The molecule has 0 amide bonds. The number of Topliss-reactive ketones (excluding diaryl/α,β-unsaturated/α-hetero) is 1. The van der Waals surface area contributed by atoms with Crippen LogP contribution >= 0.6 is 0 Å². The predicted octanol–water partition coefficient (Wildman–Crippen LogP) is 2.46. The van der Waals surface area contributed by atoms with Crippen LogP contribution in [0.25, 0.3) is 0 Å². The van der Waals surface area contributed by atoms with Gasteiger partial charge in [0.2, 0.25) is 0 Å². The van der Waals surface area contributed by atoms with Crippen molar-refractivity contribution in [1.82, 2.24) is 4.90 Å². The summed E-state index contributed by atoms with van der Waals surface area (Å²) in [4.78, 5) is 14.2. The summed E-state index contributed by atoms with van der Waals surface area (Å²) in [6.45, 7) is 7.20. The van der Waals surface area contributed by atoms with E-state index in [0.29, 0.717) is 18.4 Å². The Morgan fingerprint density at radius 1 is 1.19 bits per heavy atom. The van der Waals surface area contributed by atoms with E-state index >= 15 is 0 Å². The lowest BCUT2D eigenvalue weighted by Gasteiger charge is -2.14. The Bertz CT molecular complexity index is 350. The smallest absolute Gasteiger partial charge is 0.176 e. The maximum absolute atomic E-state index is 12.0. The zero-order chi connectivity index (χ0) is 11.5. The average molecular weight is 217 g/mol. The van der Waals surface area contributed by atoms with E-state index in [1.807, 2.05) is 30.3 Å². The molecule has 0 aliphatic carbocycles. The van der Waals surface area contributed by atoms with Crippen LogP contribution in [0.4, 0.5) is 0 Å². The molecule has 0 aromatic heterocycles. The number of nitrogens with zero attached hydrogens (tertiary/aromatic N) is 1. The normalized spacial score (nSPS) is 25.9. The highest BCUT2D eigenvalue weighted by Gasteiger charge is 2.27. The van der Waals surface area contributed by atoms with Crippen molar-refractivity contribution < 1.29 is 4.79 Å². The standard InChI is InChI=1S/C14H19NO/c1-11-8-15(9-12(11)2)10-14(16)13-6-4-3-5-7-13/h3-7,11-12H,8-10H2,1-2H3/t11-,12-/m1/s1. The molecule has 1 saturated heterocycles. The lowest BCUT2D eigenvalue weighted by Crippen LogP contribution is -2.27. The molecule has 0 N–H and O–H groups in total. The van der Waals surface area contributed by atoms with Gasteiger partial charge in [-0.1, -0.05) is 44.2 Å². The molecule has 1 aliphatic rings. The molecular weight excluding hydrogens is 198 g/mol. The molecule has 0 saturated carbocycles. The number of benzene rings is 1.